The van der Waals surface area contributed by atoms with E-state index in [1.807, 2.05) is 46.3 Å². The van der Waals surface area contributed by atoms with Crippen molar-refractivity contribution in [2.24, 2.45) is 0 Å². The van der Waals surface area contributed by atoms with Crippen LogP contribution in [0.4, 0.5) is 0 Å². The van der Waals surface area contributed by atoms with Crippen molar-refractivity contribution < 1.29 is 4.74 Å². The van der Waals surface area contributed by atoms with Crippen molar-refractivity contribution in [2.75, 3.05) is 32.8 Å². The molecule has 1 aliphatic rings. The molecule has 0 radical (unpaired) electrons. The Bertz CT molecular complexity index is 1160. The van der Waals surface area contributed by atoms with Gasteiger partial charge in [-0.1, -0.05) is 18.2 Å². The van der Waals surface area contributed by atoms with Crippen molar-refractivity contribution >= 4 is 0 Å². The lowest BCUT2D eigenvalue weighted by Gasteiger charge is -2.26. The van der Waals surface area contributed by atoms with Gasteiger partial charge in [-0.05, 0) is 18.6 Å². The zero-order chi connectivity index (χ0) is 21.8. The Morgan fingerprint density at radius 3 is 2.22 bits per heavy atom. The lowest BCUT2D eigenvalue weighted by Crippen LogP contribution is -2.38. The first-order valence-corrected chi connectivity index (χ1v) is 11.1. The van der Waals surface area contributed by atoms with E-state index >= 15 is 0 Å². The summed E-state index contributed by atoms with van der Waals surface area (Å²) in [5, 5.41) is 8.88. The molecule has 1 saturated heterocycles. The van der Waals surface area contributed by atoms with Gasteiger partial charge in [-0.2, -0.15) is 10.2 Å². The first-order chi connectivity index (χ1) is 15.8. The average Bonchev–Trinajstić information content (AvgIpc) is 3.54. The van der Waals surface area contributed by atoms with Gasteiger partial charge in [-0.25, -0.2) is 9.97 Å². The topological polar surface area (TPSA) is 73.9 Å². The maximum Gasteiger partial charge on any atom is 0.159 e. The lowest BCUT2D eigenvalue weighted by molar-refractivity contribution is 0.0360. The summed E-state index contributed by atoms with van der Waals surface area (Å²) in [5.74, 6) is 0.707. The predicted octanol–water partition coefficient (Wildman–Crippen LogP) is 3.22. The number of ether oxygens (including phenoxy) is 1. The van der Waals surface area contributed by atoms with Crippen molar-refractivity contribution in [3.05, 3.63) is 61.4 Å². The molecule has 1 aromatic carbocycles. The van der Waals surface area contributed by atoms with Gasteiger partial charge in [0.1, 0.15) is 0 Å². The summed E-state index contributed by atoms with van der Waals surface area (Å²) in [6.07, 6.45) is 11.6. The monoisotopic (exact) mass is 429 g/mol. The number of hydrogen-bond donors (Lipinski definition) is 0. The number of nitrogens with zero attached hydrogens (tertiary/aromatic N) is 7. The molecule has 0 spiro atoms. The lowest BCUT2D eigenvalue weighted by atomic mass is 10.1. The maximum atomic E-state index is 5.41. The van der Waals surface area contributed by atoms with Crippen LogP contribution in [0.5, 0.6) is 0 Å². The van der Waals surface area contributed by atoms with Gasteiger partial charge in [-0.15, -0.1) is 0 Å². The van der Waals surface area contributed by atoms with E-state index in [0.29, 0.717) is 5.82 Å². The molecule has 0 amide bonds. The van der Waals surface area contributed by atoms with Crippen LogP contribution in [0.3, 0.4) is 0 Å². The molecule has 4 aromatic rings. The summed E-state index contributed by atoms with van der Waals surface area (Å²) >= 11 is 0. The van der Waals surface area contributed by atoms with E-state index in [4.69, 9.17) is 4.74 Å². The van der Waals surface area contributed by atoms with Crippen LogP contribution < -0.4 is 0 Å². The van der Waals surface area contributed by atoms with E-state index in [9.17, 15) is 0 Å². The van der Waals surface area contributed by atoms with E-state index in [2.05, 4.69) is 56.5 Å². The normalized spacial score (nSPS) is 14.7. The third kappa shape index (κ3) is 4.61. The highest BCUT2D eigenvalue weighted by Crippen LogP contribution is 2.25. The van der Waals surface area contributed by atoms with Gasteiger partial charge in [0.2, 0.25) is 0 Å². The summed E-state index contributed by atoms with van der Waals surface area (Å²) in [7, 11) is 0. The third-order valence-corrected chi connectivity index (χ3v) is 5.78. The van der Waals surface area contributed by atoms with Crippen LogP contribution in [0.25, 0.3) is 33.6 Å². The van der Waals surface area contributed by atoms with E-state index in [-0.39, 0.29) is 0 Å². The molecule has 8 nitrogen and oxygen atoms in total. The number of aromatic nitrogens is 6. The van der Waals surface area contributed by atoms with E-state index < -0.39 is 0 Å². The SMILES string of the molecule is CCn1cc(-c2cccc(-c3ncc(-c4cnn(CCN5CCOCC5)c4)cn3)c2)cn1. The van der Waals surface area contributed by atoms with Crippen molar-refractivity contribution in [1.29, 1.82) is 0 Å². The fourth-order valence-corrected chi connectivity index (χ4v) is 3.85. The minimum Gasteiger partial charge on any atom is -0.379 e. The van der Waals surface area contributed by atoms with Gasteiger partial charge >= 0.3 is 0 Å². The minimum atomic E-state index is 0.707. The Morgan fingerprint density at radius 1 is 0.781 bits per heavy atom. The van der Waals surface area contributed by atoms with Crippen molar-refractivity contribution in [2.45, 2.75) is 20.0 Å². The molecule has 3 aromatic heterocycles. The second-order valence-electron chi connectivity index (χ2n) is 7.91. The van der Waals surface area contributed by atoms with E-state index in [1.54, 1.807) is 0 Å². The van der Waals surface area contributed by atoms with Crippen molar-refractivity contribution in [3.8, 4) is 33.6 Å². The fourth-order valence-electron chi connectivity index (χ4n) is 3.85. The Kier molecular flexibility index (Phi) is 6.04. The van der Waals surface area contributed by atoms with E-state index in [0.717, 1.165) is 73.8 Å². The molecule has 0 N–H and O–H groups in total. The van der Waals surface area contributed by atoms with Gasteiger partial charge in [-0.3, -0.25) is 14.3 Å². The molecule has 0 bridgehead atoms. The zero-order valence-electron chi connectivity index (χ0n) is 18.3. The zero-order valence-corrected chi connectivity index (χ0v) is 18.3. The van der Waals surface area contributed by atoms with Gasteiger partial charge < -0.3 is 4.74 Å². The molecule has 0 atom stereocenters. The number of hydrogen-bond acceptors (Lipinski definition) is 6. The Morgan fingerprint density at radius 2 is 1.47 bits per heavy atom. The molecular formula is C24H27N7O. The molecule has 164 valence electrons. The molecule has 4 heterocycles. The molecule has 5 rings (SSSR count). The molecule has 1 fully saturated rings. The van der Waals surface area contributed by atoms with Gasteiger partial charge in [0, 0.05) is 73.2 Å². The number of aryl methyl sites for hydroxylation is 1. The van der Waals surface area contributed by atoms with Crippen LogP contribution >= 0.6 is 0 Å². The first kappa shape index (κ1) is 20.5. The van der Waals surface area contributed by atoms with Crippen LogP contribution in [0.1, 0.15) is 6.92 Å². The average molecular weight is 430 g/mol. The van der Waals surface area contributed by atoms with Crippen LogP contribution in [0.15, 0.2) is 61.4 Å². The molecular weight excluding hydrogens is 402 g/mol. The Labute approximate surface area is 187 Å². The highest BCUT2D eigenvalue weighted by Gasteiger charge is 2.11. The summed E-state index contributed by atoms with van der Waals surface area (Å²) in [6, 6.07) is 8.26. The first-order valence-electron chi connectivity index (χ1n) is 11.1. The molecule has 0 aliphatic carbocycles. The Hall–Kier alpha value is -3.36. The van der Waals surface area contributed by atoms with E-state index in [1.165, 1.54) is 0 Å². The van der Waals surface area contributed by atoms with Crippen molar-refractivity contribution in [1.82, 2.24) is 34.4 Å². The second kappa shape index (κ2) is 9.42. The third-order valence-electron chi connectivity index (χ3n) is 5.78. The van der Waals surface area contributed by atoms with Crippen LogP contribution in [-0.2, 0) is 17.8 Å². The molecule has 1 aliphatic heterocycles. The number of rotatable bonds is 7. The predicted molar refractivity (Wildman–Crippen MR) is 123 cm³/mol. The summed E-state index contributed by atoms with van der Waals surface area (Å²) in [6.45, 7) is 8.40. The second-order valence-corrected chi connectivity index (χ2v) is 7.91. The standard InChI is InChI=1S/C24H27N7O/c1-2-30-17-22(15-27-30)19-4-3-5-20(12-19)24-25-13-21(14-26-24)23-16-28-31(18-23)7-6-29-8-10-32-11-9-29/h3-5,12-18H,2,6-11H2,1H3. The highest BCUT2D eigenvalue weighted by atomic mass is 16.5. The molecule has 32 heavy (non-hydrogen) atoms. The van der Waals surface area contributed by atoms with Gasteiger partial charge in [0.15, 0.2) is 5.82 Å². The quantitative estimate of drug-likeness (QED) is 0.449. The van der Waals surface area contributed by atoms with Crippen molar-refractivity contribution in [3.63, 3.8) is 0 Å². The van der Waals surface area contributed by atoms with Crippen LogP contribution in [0.2, 0.25) is 0 Å². The largest absolute Gasteiger partial charge is 0.379 e. The van der Waals surface area contributed by atoms with Gasteiger partial charge in [0.05, 0.1) is 32.2 Å². The Balaban J connectivity index is 1.27. The number of morpholine rings is 1. The summed E-state index contributed by atoms with van der Waals surface area (Å²) in [5.41, 5.74) is 5.18. The molecule has 0 unspecified atom stereocenters. The smallest absolute Gasteiger partial charge is 0.159 e. The summed E-state index contributed by atoms with van der Waals surface area (Å²) in [4.78, 5) is 11.6. The molecule has 8 heteroatoms. The van der Waals surface area contributed by atoms with Gasteiger partial charge in [0.25, 0.3) is 0 Å². The number of benzene rings is 1. The van der Waals surface area contributed by atoms with Crippen LogP contribution in [0, 0.1) is 0 Å². The summed E-state index contributed by atoms with van der Waals surface area (Å²) < 4.78 is 9.32. The highest BCUT2D eigenvalue weighted by molar-refractivity contribution is 5.70. The fraction of sp³-hybridized carbons (Fsp3) is 0.333. The van der Waals surface area contributed by atoms with Crippen LogP contribution in [-0.4, -0.2) is 67.3 Å². The minimum absolute atomic E-state index is 0.707. The molecule has 0 saturated carbocycles. The maximum absolute atomic E-state index is 5.41.